The lowest BCUT2D eigenvalue weighted by Crippen LogP contribution is -2.07. The van der Waals surface area contributed by atoms with E-state index in [9.17, 15) is 4.79 Å². The number of carboxylic acids is 1. The number of aryl methyl sites for hydroxylation is 1. The monoisotopic (exact) mass is 417 g/mol. The second kappa shape index (κ2) is 11.0. The van der Waals surface area contributed by atoms with Crippen LogP contribution < -0.4 is 4.74 Å². The molecule has 0 aliphatic rings. The first-order valence-corrected chi connectivity index (χ1v) is 10.3. The fraction of sp³-hybridized carbons (Fsp3) is 0.231. The van der Waals surface area contributed by atoms with Crippen LogP contribution in [0.4, 0.5) is 0 Å². The predicted octanol–water partition coefficient (Wildman–Crippen LogP) is 5.50. The molecule has 0 aromatic heterocycles. The van der Waals surface area contributed by atoms with Crippen LogP contribution in [0.15, 0.2) is 78.0 Å². The molecular weight excluding hydrogens is 390 g/mol. The Kier molecular flexibility index (Phi) is 7.82. The molecule has 3 aromatic rings. The molecular formula is C26H27NO4. The Balaban J connectivity index is 1.54. The van der Waals surface area contributed by atoms with E-state index >= 15 is 0 Å². The van der Waals surface area contributed by atoms with Gasteiger partial charge in [-0.25, -0.2) is 0 Å². The molecule has 5 heteroatoms. The minimum absolute atomic E-state index is 0.0260. The Labute approximate surface area is 182 Å². The van der Waals surface area contributed by atoms with Crippen molar-refractivity contribution in [3.8, 4) is 16.9 Å². The maximum Gasteiger partial charge on any atom is 0.307 e. The van der Waals surface area contributed by atoms with Gasteiger partial charge in [0.05, 0.1) is 12.1 Å². The molecule has 1 N–H and O–H groups in total. The normalized spacial score (nSPS) is 11.2. The van der Waals surface area contributed by atoms with E-state index in [4.69, 9.17) is 14.7 Å². The van der Waals surface area contributed by atoms with Gasteiger partial charge in [-0.1, -0.05) is 72.7 Å². The number of ether oxygens (including phenoxy) is 1. The fourth-order valence-electron chi connectivity index (χ4n) is 3.31. The zero-order chi connectivity index (χ0) is 22.1. The molecule has 160 valence electrons. The van der Waals surface area contributed by atoms with Crippen LogP contribution in [-0.2, 0) is 16.1 Å². The molecule has 0 heterocycles. The van der Waals surface area contributed by atoms with Gasteiger partial charge in [-0.2, -0.15) is 0 Å². The van der Waals surface area contributed by atoms with Crippen molar-refractivity contribution >= 4 is 11.7 Å². The van der Waals surface area contributed by atoms with Crippen molar-refractivity contribution in [3.63, 3.8) is 0 Å². The smallest absolute Gasteiger partial charge is 0.307 e. The molecule has 31 heavy (non-hydrogen) atoms. The minimum atomic E-state index is -0.863. The van der Waals surface area contributed by atoms with E-state index in [1.165, 1.54) is 5.56 Å². The average molecular weight is 418 g/mol. The van der Waals surface area contributed by atoms with Gasteiger partial charge in [0.25, 0.3) is 0 Å². The van der Waals surface area contributed by atoms with Gasteiger partial charge in [-0.15, -0.1) is 0 Å². The van der Waals surface area contributed by atoms with Gasteiger partial charge in [-0.05, 0) is 53.3 Å². The maximum atomic E-state index is 10.9. The lowest BCUT2D eigenvalue weighted by atomic mass is 10.0. The lowest BCUT2D eigenvalue weighted by molar-refractivity contribution is -0.136. The molecule has 0 radical (unpaired) electrons. The van der Waals surface area contributed by atoms with Crippen LogP contribution in [-0.4, -0.2) is 30.0 Å². The predicted molar refractivity (Wildman–Crippen MR) is 123 cm³/mol. The summed E-state index contributed by atoms with van der Waals surface area (Å²) in [5.41, 5.74) is 5.92. The summed E-state index contributed by atoms with van der Waals surface area (Å²) in [6.45, 7) is 4.58. The molecule has 3 rings (SSSR count). The standard InChI is InChI=1S/C26H27NO4/c1-3-25(23-11-9-22(10-12-23)21-7-5-4-6-8-21)27-31-14-13-30-24-16-19(2)15-20(17-24)18-26(28)29/h4-12,15-17H,3,13-14,18H2,1-2H3,(H,28,29). The second-order valence-corrected chi connectivity index (χ2v) is 7.24. The molecule has 0 atom stereocenters. The molecule has 3 aromatic carbocycles. The largest absolute Gasteiger partial charge is 0.490 e. The number of nitrogens with zero attached hydrogens (tertiary/aromatic N) is 1. The van der Waals surface area contributed by atoms with E-state index in [1.54, 1.807) is 6.07 Å². The Morgan fingerprint density at radius 3 is 2.32 bits per heavy atom. The van der Waals surface area contributed by atoms with Gasteiger partial charge in [0, 0.05) is 0 Å². The van der Waals surface area contributed by atoms with Crippen LogP contribution in [0.5, 0.6) is 5.75 Å². The highest BCUT2D eigenvalue weighted by atomic mass is 16.6. The van der Waals surface area contributed by atoms with E-state index < -0.39 is 5.97 Å². The van der Waals surface area contributed by atoms with Crippen LogP contribution >= 0.6 is 0 Å². The van der Waals surface area contributed by atoms with Gasteiger partial charge < -0.3 is 14.7 Å². The number of rotatable bonds is 10. The van der Waals surface area contributed by atoms with E-state index in [-0.39, 0.29) is 6.42 Å². The summed E-state index contributed by atoms with van der Waals surface area (Å²) in [5, 5.41) is 13.2. The van der Waals surface area contributed by atoms with Crippen molar-refractivity contribution in [1.82, 2.24) is 0 Å². The Bertz CT molecular complexity index is 1030. The van der Waals surface area contributed by atoms with Crippen LogP contribution in [0.3, 0.4) is 0 Å². The van der Waals surface area contributed by atoms with Crippen molar-refractivity contribution in [3.05, 3.63) is 89.5 Å². The summed E-state index contributed by atoms with van der Waals surface area (Å²) in [4.78, 5) is 16.4. The first-order chi connectivity index (χ1) is 15.0. The summed E-state index contributed by atoms with van der Waals surface area (Å²) >= 11 is 0. The molecule has 0 fully saturated rings. The summed E-state index contributed by atoms with van der Waals surface area (Å²) < 4.78 is 5.71. The van der Waals surface area contributed by atoms with Gasteiger partial charge in [0.2, 0.25) is 0 Å². The van der Waals surface area contributed by atoms with Gasteiger partial charge >= 0.3 is 5.97 Å². The number of carbonyl (C=O) groups is 1. The molecule has 0 saturated heterocycles. The zero-order valence-electron chi connectivity index (χ0n) is 17.9. The van der Waals surface area contributed by atoms with Gasteiger partial charge in [-0.3, -0.25) is 4.79 Å². The number of benzene rings is 3. The van der Waals surface area contributed by atoms with Crippen LogP contribution in [0.25, 0.3) is 11.1 Å². The molecule has 0 aliphatic heterocycles. The number of oxime groups is 1. The topological polar surface area (TPSA) is 68.1 Å². The van der Waals surface area contributed by atoms with Crippen molar-refractivity contribution < 1.29 is 19.5 Å². The molecule has 0 saturated carbocycles. The van der Waals surface area contributed by atoms with E-state index in [0.717, 1.165) is 28.8 Å². The van der Waals surface area contributed by atoms with Gasteiger partial charge in [0.1, 0.15) is 12.4 Å². The van der Waals surface area contributed by atoms with Crippen molar-refractivity contribution in [2.75, 3.05) is 13.2 Å². The lowest BCUT2D eigenvalue weighted by Gasteiger charge is -2.09. The zero-order valence-corrected chi connectivity index (χ0v) is 17.9. The van der Waals surface area contributed by atoms with E-state index in [1.807, 2.05) is 44.2 Å². The van der Waals surface area contributed by atoms with E-state index in [0.29, 0.717) is 24.5 Å². The molecule has 5 nitrogen and oxygen atoms in total. The minimum Gasteiger partial charge on any atom is -0.490 e. The summed E-state index contributed by atoms with van der Waals surface area (Å²) in [5.74, 6) is -0.228. The molecule has 0 aliphatic carbocycles. The van der Waals surface area contributed by atoms with Crippen LogP contribution in [0, 0.1) is 6.92 Å². The molecule has 0 spiro atoms. The Morgan fingerprint density at radius 1 is 0.935 bits per heavy atom. The third kappa shape index (κ3) is 6.71. The summed E-state index contributed by atoms with van der Waals surface area (Å²) in [7, 11) is 0. The van der Waals surface area contributed by atoms with Crippen molar-refractivity contribution in [2.45, 2.75) is 26.7 Å². The summed E-state index contributed by atoms with van der Waals surface area (Å²) in [6.07, 6.45) is 0.726. The maximum absolute atomic E-state index is 10.9. The Morgan fingerprint density at radius 2 is 1.65 bits per heavy atom. The number of carboxylic acid groups (broad SMARTS) is 1. The van der Waals surface area contributed by atoms with Crippen LogP contribution in [0.1, 0.15) is 30.0 Å². The second-order valence-electron chi connectivity index (χ2n) is 7.24. The van der Waals surface area contributed by atoms with Gasteiger partial charge in [0.15, 0.2) is 6.61 Å². The molecule has 0 bridgehead atoms. The highest BCUT2D eigenvalue weighted by Gasteiger charge is 2.06. The number of hydrogen-bond acceptors (Lipinski definition) is 4. The highest BCUT2D eigenvalue weighted by molar-refractivity contribution is 6.00. The highest BCUT2D eigenvalue weighted by Crippen LogP contribution is 2.20. The first kappa shape index (κ1) is 22.1. The third-order valence-electron chi connectivity index (χ3n) is 4.74. The molecule has 0 amide bonds. The van der Waals surface area contributed by atoms with Crippen molar-refractivity contribution in [1.29, 1.82) is 0 Å². The average Bonchev–Trinajstić information content (AvgIpc) is 2.76. The summed E-state index contributed by atoms with van der Waals surface area (Å²) in [6, 6.07) is 24.0. The Hall–Kier alpha value is -3.60. The number of hydrogen-bond donors (Lipinski definition) is 1. The quantitative estimate of drug-likeness (QED) is 0.269. The van der Waals surface area contributed by atoms with Crippen LogP contribution in [0.2, 0.25) is 0 Å². The van der Waals surface area contributed by atoms with Crippen molar-refractivity contribution in [2.24, 2.45) is 5.16 Å². The number of aliphatic carboxylic acids is 1. The first-order valence-electron chi connectivity index (χ1n) is 10.3. The van der Waals surface area contributed by atoms with E-state index in [2.05, 4.69) is 41.6 Å². The molecule has 0 unspecified atom stereocenters. The fourth-order valence-corrected chi connectivity index (χ4v) is 3.31. The SMILES string of the molecule is CCC(=NOCCOc1cc(C)cc(CC(=O)O)c1)c1ccc(-c2ccccc2)cc1. The third-order valence-corrected chi connectivity index (χ3v) is 4.74.